The molecular weight excluding hydrogens is 266 g/mol. The molecule has 3 N–H and O–H groups in total. The predicted molar refractivity (Wildman–Crippen MR) is 85.2 cm³/mol. The summed E-state index contributed by atoms with van der Waals surface area (Å²) in [6, 6.07) is 7.84. The van der Waals surface area contributed by atoms with Crippen molar-refractivity contribution in [1.82, 2.24) is 10.6 Å². The number of anilines is 1. The van der Waals surface area contributed by atoms with Gasteiger partial charge < -0.3 is 16.0 Å². The van der Waals surface area contributed by atoms with Gasteiger partial charge in [-0.2, -0.15) is 0 Å². The van der Waals surface area contributed by atoms with Crippen LogP contribution in [-0.2, 0) is 9.59 Å². The number of carbonyl (C=O) groups excluding carboxylic acids is 2. The van der Waals surface area contributed by atoms with Crippen molar-refractivity contribution in [3.63, 3.8) is 0 Å². The van der Waals surface area contributed by atoms with Gasteiger partial charge in [-0.25, -0.2) is 0 Å². The Morgan fingerprint density at radius 1 is 1.24 bits per heavy atom. The topological polar surface area (TPSA) is 70.2 Å². The number of hydrogen-bond donors (Lipinski definition) is 3. The van der Waals surface area contributed by atoms with Crippen molar-refractivity contribution in [2.75, 3.05) is 18.4 Å². The van der Waals surface area contributed by atoms with Crippen molar-refractivity contribution in [2.24, 2.45) is 0 Å². The van der Waals surface area contributed by atoms with Crippen molar-refractivity contribution in [1.29, 1.82) is 0 Å². The van der Waals surface area contributed by atoms with Gasteiger partial charge >= 0.3 is 0 Å². The first-order valence-electron chi connectivity index (χ1n) is 7.38. The largest absolute Gasteiger partial charge is 0.354 e. The van der Waals surface area contributed by atoms with Crippen LogP contribution in [0.15, 0.2) is 24.3 Å². The zero-order chi connectivity index (χ0) is 15.7. The molecule has 1 rings (SSSR count). The summed E-state index contributed by atoms with van der Waals surface area (Å²) >= 11 is 0. The van der Waals surface area contributed by atoms with Crippen LogP contribution in [-0.4, -0.2) is 30.9 Å². The molecule has 1 atom stereocenters. The van der Waals surface area contributed by atoms with Gasteiger partial charge in [0.25, 0.3) is 0 Å². The average Bonchev–Trinajstić information content (AvgIpc) is 2.43. The molecule has 0 aliphatic carbocycles. The number of hydrogen-bond acceptors (Lipinski definition) is 3. The third kappa shape index (κ3) is 7.46. The van der Waals surface area contributed by atoms with Crippen LogP contribution in [0.3, 0.4) is 0 Å². The molecule has 116 valence electrons. The number of carbonyl (C=O) groups is 2. The number of nitrogens with one attached hydrogen (secondary N) is 3. The Kier molecular flexibility index (Phi) is 7.46. The van der Waals surface area contributed by atoms with Gasteiger partial charge in [0.2, 0.25) is 11.8 Å². The molecule has 21 heavy (non-hydrogen) atoms. The lowest BCUT2D eigenvalue weighted by Crippen LogP contribution is -2.35. The van der Waals surface area contributed by atoms with E-state index in [0.717, 1.165) is 17.7 Å². The highest BCUT2D eigenvalue weighted by Gasteiger charge is 2.06. The van der Waals surface area contributed by atoms with E-state index in [-0.39, 0.29) is 24.4 Å². The summed E-state index contributed by atoms with van der Waals surface area (Å²) in [5.74, 6) is -0.0983. The van der Waals surface area contributed by atoms with Gasteiger partial charge in [-0.15, -0.1) is 0 Å². The fourth-order valence-electron chi connectivity index (χ4n) is 1.78. The summed E-state index contributed by atoms with van der Waals surface area (Å²) in [6.45, 7) is 6.66. The highest BCUT2D eigenvalue weighted by atomic mass is 16.2. The Morgan fingerprint density at radius 3 is 2.67 bits per heavy atom. The van der Waals surface area contributed by atoms with E-state index in [9.17, 15) is 9.59 Å². The first kappa shape index (κ1) is 17.2. The maximum atomic E-state index is 11.7. The second kappa shape index (κ2) is 9.13. The first-order chi connectivity index (χ1) is 10.0. The third-order valence-corrected chi connectivity index (χ3v) is 3.14. The van der Waals surface area contributed by atoms with Gasteiger partial charge in [-0.1, -0.05) is 19.1 Å². The maximum Gasteiger partial charge on any atom is 0.238 e. The molecule has 0 bridgehead atoms. The van der Waals surface area contributed by atoms with E-state index in [1.165, 1.54) is 0 Å². The van der Waals surface area contributed by atoms with Crippen LogP contribution >= 0.6 is 0 Å². The summed E-state index contributed by atoms with van der Waals surface area (Å²) in [7, 11) is 0. The molecule has 0 spiro atoms. The van der Waals surface area contributed by atoms with E-state index in [1.54, 1.807) is 0 Å². The minimum atomic E-state index is -0.108. The van der Waals surface area contributed by atoms with Gasteiger partial charge in [0.05, 0.1) is 6.54 Å². The molecule has 0 saturated heterocycles. The second-order valence-electron chi connectivity index (χ2n) is 5.22. The standard InChI is InChI=1S/C16H25N3O2/c1-4-13(3)18-15(20)8-9-17-11-16(21)19-14-7-5-6-12(2)10-14/h5-7,10,13,17H,4,8-9,11H2,1-3H3,(H,18,20)(H,19,21). The van der Waals surface area contributed by atoms with Crippen molar-refractivity contribution in [3.05, 3.63) is 29.8 Å². The molecule has 0 heterocycles. The van der Waals surface area contributed by atoms with E-state index in [2.05, 4.69) is 16.0 Å². The molecule has 5 nitrogen and oxygen atoms in total. The van der Waals surface area contributed by atoms with Gasteiger partial charge in [-0.05, 0) is 38.0 Å². The minimum Gasteiger partial charge on any atom is -0.354 e. The number of benzene rings is 1. The second-order valence-corrected chi connectivity index (χ2v) is 5.22. The Hall–Kier alpha value is -1.88. The molecule has 2 amide bonds. The Labute approximate surface area is 126 Å². The van der Waals surface area contributed by atoms with Gasteiger partial charge in [-0.3, -0.25) is 9.59 Å². The number of rotatable bonds is 8. The zero-order valence-corrected chi connectivity index (χ0v) is 13.0. The van der Waals surface area contributed by atoms with E-state index < -0.39 is 0 Å². The fraction of sp³-hybridized carbons (Fsp3) is 0.500. The van der Waals surface area contributed by atoms with Crippen molar-refractivity contribution < 1.29 is 9.59 Å². The van der Waals surface area contributed by atoms with E-state index in [0.29, 0.717) is 13.0 Å². The normalized spacial score (nSPS) is 11.8. The quantitative estimate of drug-likeness (QED) is 0.640. The number of aryl methyl sites for hydroxylation is 1. The van der Waals surface area contributed by atoms with Crippen LogP contribution in [0.5, 0.6) is 0 Å². The fourth-order valence-corrected chi connectivity index (χ4v) is 1.78. The minimum absolute atomic E-state index is 0.0101. The van der Waals surface area contributed by atoms with Gasteiger partial charge in [0.15, 0.2) is 0 Å². The Morgan fingerprint density at radius 2 is 2.00 bits per heavy atom. The van der Waals surface area contributed by atoms with E-state index in [4.69, 9.17) is 0 Å². The smallest absolute Gasteiger partial charge is 0.238 e. The Balaban J connectivity index is 2.18. The summed E-state index contributed by atoms with van der Waals surface area (Å²) in [5.41, 5.74) is 1.89. The zero-order valence-electron chi connectivity index (χ0n) is 13.0. The lowest BCUT2D eigenvalue weighted by atomic mass is 10.2. The predicted octanol–water partition coefficient (Wildman–Crippen LogP) is 1.83. The highest BCUT2D eigenvalue weighted by molar-refractivity contribution is 5.92. The average molecular weight is 291 g/mol. The lowest BCUT2D eigenvalue weighted by Gasteiger charge is -2.11. The van der Waals surface area contributed by atoms with E-state index in [1.807, 2.05) is 45.0 Å². The highest BCUT2D eigenvalue weighted by Crippen LogP contribution is 2.08. The third-order valence-electron chi connectivity index (χ3n) is 3.14. The van der Waals surface area contributed by atoms with E-state index >= 15 is 0 Å². The molecule has 0 aliphatic heterocycles. The van der Waals surface area contributed by atoms with Crippen molar-refractivity contribution in [3.8, 4) is 0 Å². The van der Waals surface area contributed by atoms with Gasteiger partial charge in [0, 0.05) is 24.7 Å². The summed E-state index contributed by atoms with van der Waals surface area (Å²) < 4.78 is 0. The van der Waals surface area contributed by atoms with Crippen LogP contribution in [0, 0.1) is 6.92 Å². The van der Waals surface area contributed by atoms with Crippen molar-refractivity contribution in [2.45, 2.75) is 39.7 Å². The Bertz CT molecular complexity index is 474. The van der Waals surface area contributed by atoms with Crippen LogP contribution in [0.1, 0.15) is 32.3 Å². The molecule has 0 aromatic heterocycles. The lowest BCUT2D eigenvalue weighted by molar-refractivity contribution is -0.122. The molecule has 1 aromatic carbocycles. The molecule has 0 fully saturated rings. The number of amides is 2. The van der Waals surface area contributed by atoms with Gasteiger partial charge in [0.1, 0.15) is 0 Å². The van der Waals surface area contributed by atoms with Crippen LogP contribution in [0.25, 0.3) is 0 Å². The monoisotopic (exact) mass is 291 g/mol. The molecule has 1 unspecified atom stereocenters. The van der Waals surface area contributed by atoms with Crippen molar-refractivity contribution >= 4 is 17.5 Å². The summed E-state index contributed by atoms with van der Waals surface area (Å²) in [5, 5.41) is 8.66. The molecule has 1 aromatic rings. The molecule has 0 aliphatic rings. The molecule has 0 saturated carbocycles. The maximum absolute atomic E-state index is 11.7. The first-order valence-corrected chi connectivity index (χ1v) is 7.38. The molecule has 0 radical (unpaired) electrons. The molecular formula is C16H25N3O2. The summed E-state index contributed by atoms with van der Waals surface area (Å²) in [4.78, 5) is 23.3. The SMILES string of the molecule is CCC(C)NC(=O)CCNCC(=O)Nc1cccc(C)c1. The van der Waals surface area contributed by atoms with Crippen LogP contribution in [0.4, 0.5) is 5.69 Å². The van der Waals surface area contributed by atoms with Crippen LogP contribution < -0.4 is 16.0 Å². The molecule has 5 heteroatoms. The summed E-state index contributed by atoms with van der Waals surface area (Å²) in [6.07, 6.45) is 1.29. The van der Waals surface area contributed by atoms with Crippen LogP contribution in [0.2, 0.25) is 0 Å².